The minimum Gasteiger partial charge on any atom is -0.160 e. The zero-order valence-corrected chi connectivity index (χ0v) is 19.4. The third kappa shape index (κ3) is 23.8. The van der Waals surface area contributed by atoms with Gasteiger partial charge in [-0.05, 0) is 24.7 Å². The smallest absolute Gasteiger partial charge is 0.160 e. The number of rotatable bonds is 16. The van der Waals surface area contributed by atoms with Crippen LogP contribution in [0.5, 0.6) is 0 Å². The summed E-state index contributed by atoms with van der Waals surface area (Å²) in [5.74, 6) is 0.413. The maximum absolute atomic E-state index is 12.2. The Hall–Kier alpha value is -0.120. The molecule has 0 aliphatic carbocycles. The molecular weight excluding hydrogens is 365 g/mol. The average molecular weight is 411 g/mol. The maximum Gasteiger partial charge on any atom is 0.441 e. The van der Waals surface area contributed by atoms with E-state index in [-0.39, 0.29) is 29.4 Å². The van der Waals surface area contributed by atoms with Crippen LogP contribution in [0.4, 0.5) is 13.2 Å². The summed E-state index contributed by atoms with van der Waals surface area (Å²) in [4.78, 5) is 0. The molecule has 164 valence electrons. The molecule has 0 spiro atoms. The zero-order chi connectivity index (χ0) is 21.0. The summed E-state index contributed by atoms with van der Waals surface area (Å²) in [7, 11) is 0. The molecule has 0 aromatic carbocycles. The molecular formula is C23H45F3S. The molecule has 27 heavy (non-hydrogen) atoms. The highest BCUT2D eigenvalue weighted by Gasteiger charge is 2.29. The van der Waals surface area contributed by atoms with E-state index >= 15 is 0 Å². The lowest BCUT2D eigenvalue weighted by molar-refractivity contribution is -0.0330. The number of allylic oxidation sites excluding steroid dienone is 2. The second kappa shape index (κ2) is 20.6. The summed E-state index contributed by atoms with van der Waals surface area (Å²) in [6.07, 6.45) is 20.1. The minimum absolute atomic E-state index is 0.0557. The molecule has 0 nitrogen and oxygen atoms in total. The van der Waals surface area contributed by atoms with Crippen molar-refractivity contribution in [1.29, 1.82) is 0 Å². The van der Waals surface area contributed by atoms with Gasteiger partial charge in [0.05, 0.1) is 0 Å². The normalized spacial score (nSPS) is 14.1. The number of thioether (sulfide) groups is 1. The summed E-state index contributed by atoms with van der Waals surface area (Å²) < 4.78 is 36.6. The van der Waals surface area contributed by atoms with E-state index in [1.165, 1.54) is 70.6 Å². The van der Waals surface area contributed by atoms with Crippen molar-refractivity contribution in [2.24, 2.45) is 11.8 Å². The molecule has 4 heteroatoms. The first-order valence-electron chi connectivity index (χ1n) is 11.2. The standard InChI is InChI=1S/C21H39F3S.C2H6/c1-4-5-6-7-8-9-10-11-12-13-14-15-16-17-19(2)20(3)18-25-21(22,23)24;1-2/h16-17,19-20H,4-15,18H2,1-3H3;1-2H3/b17-16+;. The Morgan fingerprint density at radius 2 is 1.22 bits per heavy atom. The van der Waals surface area contributed by atoms with E-state index in [0.717, 1.165) is 6.42 Å². The molecule has 0 N–H and O–H groups in total. The minimum atomic E-state index is -4.10. The second-order valence-electron chi connectivity index (χ2n) is 7.35. The molecule has 0 saturated heterocycles. The van der Waals surface area contributed by atoms with Gasteiger partial charge in [0.2, 0.25) is 0 Å². The largest absolute Gasteiger partial charge is 0.441 e. The van der Waals surface area contributed by atoms with Crippen molar-refractivity contribution in [1.82, 2.24) is 0 Å². The summed E-state index contributed by atoms with van der Waals surface area (Å²) in [6, 6.07) is 0. The highest BCUT2D eigenvalue weighted by molar-refractivity contribution is 8.00. The van der Waals surface area contributed by atoms with E-state index < -0.39 is 5.51 Å². The predicted octanol–water partition coefficient (Wildman–Crippen LogP) is 9.80. The van der Waals surface area contributed by atoms with Crippen LogP contribution in [0.1, 0.15) is 112 Å². The summed E-state index contributed by atoms with van der Waals surface area (Å²) in [5, 5.41) is 0. The van der Waals surface area contributed by atoms with E-state index in [9.17, 15) is 13.2 Å². The van der Waals surface area contributed by atoms with Crippen molar-refractivity contribution in [3.05, 3.63) is 12.2 Å². The topological polar surface area (TPSA) is 0 Å². The molecule has 0 aliphatic rings. The Morgan fingerprint density at radius 1 is 0.778 bits per heavy atom. The van der Waals surface area contributed by atoms with Crippen LogP contribution in [0, 0.1) is 11.8 Å². The van der Waals surface area contributed by atoms with Gasteiger partial charge in [-0.2, -0.15) is 13.2 Å². The van der Waals surface area contributed by atoms with Gasteiger partial charge < -0.3 is 0 Å². The quantitative estimate of drug-likeness (QED) is 0.180. The van der Waals surface area contributed by atoms with Crippen LogP contribution in [0.2, 0.25) is 0 Å². The molecule has 0 fully saturated rings. The van der Waals surface area contributed by atoms with Gasteiger partial charge >= 0.3 is 5.51 Å². The van der Waals surface area contributed by atoms with Gasteiger partial charge in [-0.25, -0.2) is 0 Å². The number of hydrogen-bond acceptors (Lipinski definition) is 1. The fraction of sp³-hybridized carbons (Fsp3) is 0.913. The van der Waals surface area contributed by atoms with Crippen LogP contribution >= 0.6 is 11.8 Å². The molecule has 0 aliphatic heterocycles. The lowest BCUT2D eigenvalue weighted by Crippen LogP contribution is -2.12. The molecule has 0 aromatic heterocycles. The highest BCUT2D eigenvalue weighted by Crippen LogP contribution is 2.33. The van der Waals surface area contributed by atoms with E-state index in [1.54, 1.807) is 0 Å². The van der Waals surface area contributed by atoms with Gasteiger partial charge in [0.25, 0.3) is 0 Å². The van der Waals surface area contributed by atoms with Crippen molar-refractivity contribution < 1.29 is 13.2 Å². The first-order valence-corrected chi connectivity index (χ1v) is 12.2. The first kappa shape index (κ1) is 29.1. The SMILES string of the molecule is CC.CCCCCCCCCCCCC/C=C/C(C)C(C)CSC(F)(F)F. The van der Waals surface area contributed by atoms with E-state index in [1.807, 2.05) is 27.7 Å². The van der Waals surface area contributed by atoms with Crippen LogP contribution in [0.15, 0.2) is 12.2 Å². The van der Waals surface area contributed by atoms with Crippen LogP contribution in [0.25, 0.3) is 0 Å². The molecule has 0 rings (SSSR count). The van der Waals surface area contributed by atoms with Gasteiger partial charge in [-0.1, -0.05) is 123 Å². The van der Waals surface area contributed by atoms with Crippen molar-refractivity contribution in [2.75, 3.05) is 5.75 Å². The van der Waals surface area contributed by atoms with E-state index in [2.05, 4.69) is 19.1 Å². The lowest BCUT2D eigenvalue weighted by atomic mass is 9.97. The van der Waals surface area contributed by atoms with Gasteiger partial charge in [0.1, 0.15) is 0 Å². The fourth-order valence-electron chi connectivity index (χ4n) is 2.80. The Labute approximate surface area is 172 Å². The van der Waals surface area contributed by atoms with Crippen molar-refractivity contribution in [3.8, 4) is 0 Å². The monoisotopic (exact) mass is 410 g/mol. The summed E-state index contributed by atoms with van der Waals surface area (Å²) >= 11 is 0.0981. The summed E-state index contributed by atoms with van der Waals surface area (Å²) in [5.41, 5.74) is -4.10. The van der Waals surface area contributed by atoms with Crippen LogP contribution < -0.4 is 0 Å². The van der Waals surface area contributed by atoms with Crippen molar-refractivity contribution in [3.63, 3.8) is 0 Å². The van der Waals surface area contributed by atoms with Crippen molar-refractivity contribution >= 4 is 11.8 Å². The number of unbranched alkanes of at least 4 members (excludes halogenated alkanes) is 11. The summed E-state index contributed by atoms with van der Waals surface area (Å²) in [6.45, 7) is 10.2. The Bertz CT molecular complexity index is 313. The lowest BCUT2D eigenvalue weighted by Gasteiger charge is -2.16. The van der Waals surface area contributed by atoms with E-state index in [0.29, 0.717) is 0 Å². The number of halogens is 3. The highest BCUT2D eigenvalue weighted by atomic mass is 32.2. The molecule has 0 radical (unpaired) electrons. The molecule has 0 aromatic rings. The Balaban J connectivity index is 0. The molecule has 2 unspecified atom stereocenters. The Morgan fingerprint density at radius 3 is 1.67 bits per heavy atom. The van der Waals surface area contributed by atoms with Gasteiger partial charge in [-0.3, -0.25) is 0 Å². The predicted molar refractivity (Wildman–Crippen MR) is 118 cm³/mol. The maximum atomic E-state index is 12.2. The average Bonchev–Trinajstić information content (AvgIpc) is 2.64. The van der Waals surface area contributed by atoms with E-state index in [4.69, 9.17) is 0 Å². The van der Waals surface area contributed by atoms with Gasteiger partial charge in [0.15, 0.2) is 0 Å². The molecule has 2 atom stereocenters. The number of alkyl halides is 3. The molecule has 0 amide bonds. The van der Waals surface area contributed by atoms with Crippen LogP contribution in [-0.2, 0) is 0 Å². The molecule has 0 saturated carbocycles. The van der Waals surface area contributed by atoms with Crippen molar-refractivity contribution in [2.45, 2.75) is 117 Å². The second-order valence-corrected chi connectivity index (χ2v) is 8.43. The Kier molecular flexibility index (Phi) is 22.2. The fourth-order valence-corrected chi connectivity index (χ4v) is 3.56. The van der Waals surface area contributed by atoms with Crippen LogP contribution in [-0.4, -0.2) is 11.3 Å². The molecule has 0 heterocycles. The van der Waals surface area contributed by atoms with Crippen LogP contribution in [0.3, 0.4) is 0 Å². The first-order chi connectivity index (χ1) is 12.9. The number of hydrogen-bond donors (Lipinski definition) is 0. The van der Waals surface area contributed by atoms with Gasteiger partial charge in [-0.15, -0.1) is 0 Å². The third-order valence-electron chi connectivity index (χ3n) is 4.82. The zero-order valence-electron chi connectivity index (χ0n) is 18.5. The van der Waals surface area contributed by atoms with Gasteiger partial charge in [0, 0.05) is 5.75 Å². The molecule has 0 bridgehead atoms. The third-order valence-corrected chi connectivity index (χ3v) is 5.84.